The molecule has 0 aliphatic heterocycles. The van der Waals surface area contributed by atoms with Gasteiger partial charge in [-0.2, -0.15) is 0 Å². The number of nitrogens with one attached hydrogen (secondary N) is 1. The Morgan fingerprint density at radius 3 is 2.52 bits per heavy atom. The molecule has 2 aromatic carbocycles. The molecule has 1 N–H and O–H groups in total. The molecule has 0 amide bonds. The van der Waals surface area contributed by atoms with Crippen LogP contribution in [0.5, 0.6) is 0 Å². The highest BCUT2D eigenvalue weighted by Gasteiger charge is 2.09. The maximum Gasteiger partial charge on any atom is 0.130 e. The van der Waals surface area contributed by atoms with Gasteiger partial charge in [-0.3, -0.25) is 0 Å². The number of fused-ring (bicyclic) bond motifs is 1. The summed E-state index contributed by atoms with van der Waals surface area (Å²) >= 11 is 0. The third kappa shape index (κ3) is 3.59. The van der Waals surface area contributed by atoms with Crippen molar-refractivity contribution in [1.29, 1.82) is 0 Å². The van der Waals surface area contributed by atoms with E-state index in [2.05, 4.69) is 60.5 Å². The molecule has 1 aromatic heterocycles. The molecule has 0 radical (unpaired) electrons. The Morgan fingerprint density at radius 2 is 1.78 bits per heavy atom. The minimum Gasteiger partial charge on any atom is -0.355 e. The van der Waals surface area contributed by atoms with E-state index in [0.29, 0.717) is 6.42 Å². The molecule has 116 valence electrons. The maximum atomic E-state index is 11.4. The number of carbonyl (C=O) groups excluding carboxylic acids is 1. The van der Waals surface area contributed by atoms with E-state index in [9.17, 15) is 4.79 Å². The number of para-hydroxylation sites is 1. The van der Waals surface area contributed by atoms with Gasteiger partial charge in [0.2, 0.25) is 0 Å². The van der Waals surface area contributed by atoms with E-state index in [1.807, 2.05) is 12.1 Å². The fraction of sp³-hybridized carbons (Fsp3) is 0.190. The Bertz CT molecular complexity index is 853. The molecule has 0 spiro atoms. The second kappa shape index (κ2) is 6.66. The monoisotopic (exact) mass is 303 g/mol. The van der Waals surface area contributed by atoms with Gasteiger partial charge in [0.05, 0.1) is 0 Å². The van der Waals surface area contributed by atoms with E-state index in [-0.39, 0.29) is 5.78 Å². The first-order valence-electron chi connectivity index (χ1n) is 7.97. The van der Waals surface area contributed by atoms with Crippen molar-refractivity contribution in [2.75, 3.05) is 0 Å². The Hall–Kier alpha value is -2.61. The number of Topliss-reactive ketones (excluding diaryl/α,β-unsaturated/α-hetero) is 1. The zero-order chi connectivity index (χ0) is 16.2. The van der Waals surface area contributed by atoms with Crippen molar-refractivity contribution in [1.82, 2.24) is 4.98 Å². The van der Waals surface area contributed by atoms with Crippen LogP contribution < -0.4 is 0 Å². The van der Waals surface area contributed by atoms with E-state index in [0.717, 1.165) is 17.6 Å². The largest absolute Gasteiger partial charge is 0.355 e. The molecule has 0 saturated carbocycles. The summed E-state index contributed by atoms with van der Waals surface area (Å²) in [7, 11) is 0. The first-order valence-corrected chi connectivity index (χ1v) is 7.97. The van der Waals surface area contributed by atoms with E-state index < -0.39 is 0 Å². The quantitative estimate of drug-likeness (QED) is 0.693. The van der Waals surface area contributed by atoms with Crippen LogP contribution in [0.15, 0.2) is 48.5 Å². The molecule has 0 aliphatic carbocycles. The van der Waals surface area contributed by atoms with Crippen molar-refractivity contribution in [3.05, 3.63) is 70.9 Å². The van der Waals surface area contributed by atoms with Crippen LogP contribution in [0.25, 0.3) is 23.1 Å². The van der Waals surface area contributed by atoms with Crippen LogP contribution in [0.3, 0.4) is 0 Å². The highest BCUT2D eigenvalue weighted by atomic mass is 16.1. The van der Waals surface area contributed by atoms with Gasteiger partial charge in [0.1, 0.15) is 5.78 Å². The number of aryl methyl sites for hydroxylation is 2. The average molecular weight is 303 g/mol. The van der Waals surface area contributed by atoms with Crippen molar-refractivity contribution in [3.63, 3.8) is 0 Å². The number of benzene rings is 2. The third-order valence-electron chi connectivity index (χ3n) is 4.09. The molecule has 1 heterocycles. The van der Waals surface area contributed by atoms with E-state index in [4.69, 9.17) is 0 Å². The first kappa shape index (κ1) is 15.3. The summed E-state index contributed by atoms with van der Waals surface area (Å²) in [6.45, 7) is 3.74. The average Bonchev–Trinajstić information content (AvgIpc) is 2.90. The predicted octanol–water partition coefficient (Wildman–Crippen LogP) is 5.17. The van der Waals surface area contributed by atoms with Crippen LogP contribution in [0.4, 0.5) is 0 Å². The number of rotatable bonds is 5. The molecule has 2 heteroatoms. The van der Waals surface area contributed by atoms with Gasteiger partial charge in [-0.15, -0.1) is 0 Å². The summed E-state index contributed by atoms with van der Waals surface area (Å²) in [4.78, 5) is 14.8. The van der Waals surface area contributed by atoms with Gasteiger partial charge in [-0.1, -0.05) is 54.1 Å². The zero-order valence-corrected chi connectivity index (χ0v) is 13.6. The predicted molar refractivity (Wildman–Crippen MR) is 97.4 cm³/mol. The van der Waals surface area contributed by atoms with Crippen molar-refractivity contribution < 1.29 is 4.79 Å². The Labute approximate surface area is 136 Å². The van der Waals surface area contributed by atoms with Crippen molar-refractivity contribution in [3.8, 4) is 0 Å². The minimum atomic E-state index is 0.226. The number of hydrogen-bond donors (Lipinski definition) is 1. The standard InChI is InChI=1S/C21H21NO/c1-15-7-10-17(11-8-15)12-14-21-19(13-9-16(2)23)18-5-3-4-6-20(18)22-21/h3-8,10-12,14,22H,9,13H2,1-2H3/b14-12+. The summed E-state index contributed by atoms with van der Waals surface area (Å²) < 4.78 is 0. The van der Waals surface area contributed by atoms with Crippen molar-refractivity contribution in [2.45, 2.75) is 26.7 Å². The van der Waals surface area contributed by atoms with Gasteiger partial charge in [-0.05, 0) is 43.5 Å². The molecule has 3 rings (SSSR count). The summed E-state index contributed by atoms with van der Waals surface area (Å²) in [6.07, 6.45) is 5.57. The third-order valence-corrected chi connectivity index (χ3v) is 4.09. The SMILES string of the molecule is CC(=O)CCc1c(/C=C/c2ccc(C)cc2)[nH]c2ccccc12. The van der Waals surface area contributed by atoms with Crippen LogP contribution in [-0.2, 0) is 11.2 Å². The molecule has 0 atom stereocenters. The molecular weight excluding hydrogens is 282 g/mol. The summed E-state index contributed by atoms with van der Waals surface area (Å²) in [5.41, 5.74) is 5.86. The van der Waals surface area contributed by atoms with Gasteiger partial charge in [-0.25, -0.2) is 0 Å². The van der Waals surface area contributed by atoms with Crippen LogP contribution in [-0.4, -0.2) is 10.8 Å². The molecule has 0 aliphatic rings. The normalized spacial score (nSPS) is 11.4. The maximum absolute atomic E-state index is 11.4. The second-order valence-electron chi connectivity index (χ2n) is 6.01. The Balaban J connectivity index is 1.96. The molecule has 0 saturated heterocycles. The summed E-state index contributed by atoms with van der Waals surface area (Å²) in [5, 5.41) is 1.21. The second-order valence-corrected chi connectivity index (χ2v) is 6.01. The number of aromatic amines is 1. The molecule has 23 heavy (non-hydrogen) atoms. The minimum absolute atomic E-state index is 0.226. The fourth-order valence-corrected chi connectivity index (χ4v) is 2.79. The van der Waals surface area contributed by atoms with E-state index in [1.54, 1.807) is 6.92 Å². The molecule has 2 nitrogen and oxygen atoms in total. The van der Waals surface area contributed by atoms with Crippen LogP contribution in [0, 0.1) is 6.92 Å². The lowest BCUT2D eigenvalue weighted by Crippen LogP contribution is -1.95. The number of carbonyl (C=O) groups is 1. The van der Waals surface area contributed by atoms with Crippen LogP contribution in [0.2, 0.25) is 0 Å². The topological polar surface area (TPSA) is 32.9 Å². The van der Waals surface area contributed by atoms with Crippen LogP contribution >= 0.6 is 0 Å². The molecule has 0 unspecified atom stereocenters. The molecule has 0 bridgehead atoms. The molecular formula is C21H21NO. The van der Waals surface area contributed by atoms with Crippen molar-refractivity contribution >= 4 is 28.8 Å². The molecule has 3 aromatic rings. The fourth-order valence-electron chi connectivity index (χ4n) is 2.79. The lowest BCUT2D eigenvalue weighted by molar-refractivity contribution is -0.116. The van der Waals surface area contributed by atoms with E-state index >= 15 is 0 Å². The van der Waals surface area contributed by atoms with Gasteiger partial charge >= 0.3 is 0 Å². The van der Waals surface area contributed by atoms with E-state index in [1.165, 1.54) is 22.1 Å². The highest BCUT2D eigenvalue weighted by Crippen LogP contribution is 2.25. The van der Waals surface area contributed by atoms with Gasteiger partial charge in [0.25, 0.3) is 0 Å². The number of hydrogen-bond acceptors (Lipinski definition) is 1. The number of H-pyrrole nitrogens is 1. The summed E-state index contributed by atoms with van der Waals surface area (Å²) in [6, 6.07) is 16.7. The number of ketones is 1. The Kier molecular flexibility index (Phi) is 4.42. The van der Waals surface area contributed by atoms with Gasteiger partial charge < -0.3 is 9.78 Å². The zero-order valence-electron chi connectivity index (χ0n) is 13.6. The summed E-state index contributed by atoms with van der Waals surface area (Å²) in [5.74, 6) is 0.226. The first-order chi connectivity index (χ1) is 11.1. The van der Waals surface area contributed by atoms with Crippen LogP contribution in [0.1, 0.15) is 35.7 Å². The lowest BCUT2D eigenvalue weighted by atomic mass is 10.0. The van der Waals surface area contributed by atoms with Gasteiger partial charge in [0, 0.05) is 23.0 Å². The smallest absolute Gasteiger partial charge is 0.130 e. The van der Waals surface area contributed by atoms with Gasteiger partial charge in [0.15, 0.2) is 0 Å². The highest BCUT2D eigenvalue weighted by molar-refractivity contribution is 5.89. The lowest BCUT2D eigenvalue weighted by Gasteiger charge is -2.00. The Morgan fingerprint density at radius 1 is 1.04 bits per heavy atom. The number of aromatic nitrogens is 1. The van der Waals surface area contributed by atoms with Crippen molar-refractivity contribution in [2.24, 2.45) is 0 Å². The molecule has 0 fully saturated rings.